The lowest BCUT2D eigenvalue weighted by Gasteiger charge is -2.26. The predicted molar refractivity (Wildman–Crippen MR) is 134 cm³/mol. The molecule has 170 valence electrons. The number of aliphatic imine (C=N–C) groups is 1. The molecular formula is C23H34IN5O2. The summed E-state index contributed by atoms with van der Waals surface area (Å²) in [4.78, 5) is 19.1. The maximum absolute atomic E-state index is 12.0. The maximum atomic E-state index is 12.0. The first-order valence-electron chi connectivity index (χ1n) is 10.8. The highest BCUT2D eigenvalue weighted by molar-refractivity contribution is 14.0. The fraction of sp³-hybridized carbons (Fsp3) is 0.478. The number of carbonyl (C=O) groups excluding carboxylic acids is 1. The monoisotopic (exact) mass is 539 g/mol. The Bertz CT molecular complexity index is 787. The highest BCUT2D eigenvalue weighted by Gasteiger charge is 2.10. The van der Waals surface area contributed by atoms with Crippen LogP contribution in [0.25, 0.3) is 0 Å². The predicted octanol–water partition coefficient (Wildman–Crippen LogP) is 3.26. The smallest absolute Gasteiger partial charge is 0.239 e. The molecule has 1 aromatic carbocycles. The normalized spacial score (nSPS) is 14.5. The summed E-state index contributed by atoms with van der Waals surface area (Å²) in [6.07, 6.45) is 5.58. The van der Waals surface area contributed by atoms with E-state index in [9.17, 15) is 4.79 Å². The Morgan fingerprint density at radius 1 is 1.03 bits per heavy atom. The minimum absolute atomic E-state index is 0. The van der Waals surface area contributed by atoms with E-state index in [1.54, 1.807) is 12.3 Å². The van der Waals surface area contributed by atoms with Crippen molar-refractivity contribution in [3.63, 3.8) is 0 Å². The summed E-state index contributed by atoms with van der Waals surface area (Å²) < 4.78 is 5.21. The molecular weight excluding hydrogens is 505 g/mol. The molecule has 1 aliphatic heterocycles. The Balaban J connectivity index is 0.00000341. The molecule has 1 aliphatic rings. The van der Waals surface area contributed by atoms with Crippen LogP contribution in [0.5, 0.6) is 0 Å². The van der Waals surface area contributed by atoms with E-state index in [2.05, 4.69) is 50.1 Å². The van der Waals surface area contributed by atoms with E-state index in [-0.39, 0.29) is 36.4 Å². The average Bonchev–Trinajstić information content (AvgIpc) is 3.30. The first-order valence-corrected chi connectivity index (χ1v) is 10.8. The number of benzene rings is 1. The number of hydrogen-bond donors (Lipinski definition) is 3. The van der Waals surface area contributed by atoms with Crippen molar-refractivity contribution in [1.82, 2.24) is 20.9 Å². The molecule has 0 aliphatic carbocycles. The van der Waals surface area contributed by atoms with Crippen molar-refractivity contribution in [3.8, 4) is 0 Å². The first kappa shape index (κ1) is 25.2. The summed E-state index contributed by atoms with van der Waals surface area (Å²) in [7, 11) is 0. The van der Waals surface area contributed by atoms with Gasteiger partial charge in [-0.3, -0.25) is 9.69 Å². The summed E-state index contributed by atoms with van der Waals surface area (Å²) in [5.74, 6) is 1.25. The van der Waals surface area contributed by atoms with E-state index in [1.165, 1.54) is 37.9 Å². The standard InChI is InChI=1S/C23H33N5O2.HI/c1-2-24-23(27-17-22(29)25-16-21-7-6-14-30-21)26-15-19-8-10-20(11-9-19)18-28-12-4-3-5-13-28;/h6-11,14H,2-5,12-13,15-18H2,1H3,(H,25,29)(H2,24,26,27);1H. The molecule has 0 atom stereocenters. The zero-order chi connectivity index (χ0) is 21.0. The fourth-order valence-corrected chi connectivity index (χ4v) is 3.46. The van der Waals surface area contributed by atoms with Crippen LogP contribution in [-0.2, 0) is 24.4 Å². The van der Waals surface area contributed by atoms with Gasteiger partial charge in [-0.25, -0.2) is 4.99 Å². The van der Waals surface area contributed by atoms with Crippen LogP contribution in [-0.4, -0.2) is 42.9 Å². The van der Waals surface area contributed by atoms with Crippen molar-refractivity contribution in [2.24, 2.45) is 4.99 Å². The Hall–Kier alpha value is -2.07. The first-order chi connectivity index (χ1) is 14.7. The molecule has 0 spiro atoms. The number of nitrogens with zero attached hydrogens (tertiary/aromatic N) is 2. The molecule has 2 aromatic rings. The van der Waals surface area contributed by atoms with Crippen LogP contribution in [0.3, 0.4) is 0 Å². The largest absolute Gasteiger partial charge is 0.467 e. The van der Waals surface area contributed by atoms with Crippen LogP contribution in [0.4, 0.5) is 0 Å². The van der Waals surface area contributed by atoms with Gasteiger partial charge in [0, 0.05) is 13.1 Å². The van der Waals surface area contributed by atoms with Crippen LogP contribution in [0, 0.1) is 0 Å². The van der Waals surface area contributed by atoms with Crippen LogP contribution in [0.2, 0.25) is 0 Å². The number of carbonyl (C=O) groups is 1. The van der Waals surface area contributed by atoms with Crippen molar-refractivity contribution in [1.29, 1.82) is 0 Å². The highest BCUT2D eigenvalue weighted by Crippen LogP contribution is 2.14. The lowest BCUT2D eigenvalue weighted by atomic mass is 10.1. The zero-order valence-corrected chi connectivity index (χ0v) is 20.6. The Labute approximate surface area is 202 Å². The molecule has 8 heteroatoms. The van der Waals surface area contributed by atoms with Gasteiger partial charge in [-0.15, -0.1) is 24.0 Å². The molecule has 3 N–H and O–H groups in total. The van der Waals surface area contributed by atoms with Crippen molar-refractivity contribution in [3.05, 3.63) is 59.5 Å². The second kappa shape index (κ2) is 14.1. The van der Waals surface area contributed by atoms with Gasteiger partial charge in [0.2, 0.25) is 5.91 Å². The SMILES string of the molecule is CCNC(=NCc1ccc(CN2CCCCC2)cc1)NCC(=O)NCc1ccco1.I. The number of rotatable bonds is 9. The number of halogens is 1. The number of piperidine rings is 1. The molecule has 1 amide bonds. The summed E-state index contributed by atoms with van der Waals surface area (Å²) in [5, 5.41) is 9.07. The number of furan rings is 1. The van der Waals surface area contributed by atoms with Crippen LogP contribution < -0.4 is 16.0 Å². The van der Waals surface area contributed by atoms with E-state index in [0.29, 0.717) is 19.0 Å². The highest BCUT2D eigenvalue weighted by atomic mass is 127. The number of hydrogen-bond acceptors (Lipinski definition) is 4. The van der Waals surface area contributed by atoms with Crippen molar-refractivity contribution < 1.29 is 9.21 Å². The Morgan fingerprint density at radius 3 is 2.45 bits per heavy atom. The van der Waals surface area contributed by atoms with Gasteiger partial charge in [-0.05, 0) is 56.1 Å². The van der Waals surface area contributed by atoms with Gasteiger partial charge in [-0.1, -0.05) is 30.7 Å². The molecule has 31 heavy (non-hydrogen) atoms. The number of likely N-dealkylation sites (tertiary alicyclic amines) is 1. The third-order valence-corrected chi connectivity index (χ3v) is 5.10. The Kier molecular flexibility index (Phi) is 11.4. The summed E-state index contributed by atoms with van der Waals surface area (Å²) in [6.45, 7) is 7.27. The second-order valence-corrected chi connectivity index (χ2v) is 7.56. The van der Waals surface area contributed by atoms with Gasteiger partial charge in [0.25, 0.3) is 0 Å². The van der Waals surface area contributed by atoms with Crippen molar-refractivity contribution in [2.75, 3.05) is 26.2 Å². The van der Waals surface area contributed by atoms with Gasteiger partial charge in [0.05, 0.1) is 25.9 Å². The van der Waals surface area contributed by atoms with Gasteiger partial charge in [0.1, 0.15) is 5.76 Å². The lowest BCUT2D eigenvalue weighted by Crippen LogP contribution is -2.43. The van der Waals surface area contributed by atoms with Crippen LogP contribution in [0.1, 0.15) is 43.1 Å². The third-order valence-electron chi connectivity index (χ3n) is 5.10. The number of amides is 1. The Morgan fingerprint density at radius 2 is 1.77 bits per heavy atom. The van der Waals surface area contributed by atoms with Crippen LogP contribution >= 0.6 is 24.0 Å². The maximum Gasteiger partial charge on any atom is 0.239 e. The van der Waals surface area contributed by atoms with Gasteiger partial charge < -0.3 is 20.4 Å². The summed E-state index contributed by atoms with van der Waals surface area (Å²) in [6, 6.07) is 12.3. The number of guanidine groups is 1. The van der Waals surface area contributed by atoms with E-state index in [0.717, 1.165) is 24.4 Å². The molecule has 2 heterocycles. The average molecular weight is 539 g/mol. The van der Waals surface area contributed by atoms with Crippen molar-refractivity contribution in [2.45, 2.75) is 45.8 Å². The third kappa shape index (κ3) is 9.30. The molecule has 7 nitrogen and oxygen atoms in total. The molecule has 0 radical (unpaired) electrons. The summed E-state index contributed by atoms with van der Waals surface area (Å²) in [5.41, 5.74) is 2.50. The van der Waals surface area contributed by atoms with Gasteiger partial charge in [-0.2, -0.15) is 0 Å². The fourth-order valence-electron chi connectivity index (χ4n) is 3.46. The molecule has 0 bridgehead atoms. The van der Waals surface area contributed by atoms with Gasteiger partial charge >= 0.3 is 0 Å². The topological polar surface area (TPSA) is 81.9 Å². The van der Waals surface area contributed by atoms with Crippen molar-refractivity contribution >= 4 is 35.8 Å². The summed E-state index contributed by atoms with van der Waals surface area (Å²) >= 11 is 0. The van der Waals surface area contributed by atoms with E-state index < -0.39 is 0 Å². The molecule has 0 unspecified atom stereocenters. The van der Waals surface area contributed by atoms with Crippen LogP contribution in [0.15, 0.2) is 52.1 Å². The minimum atomic E-state index is -0.112. The minimum Gasteiger partial charge on any atom is -0.467 e. The molecule has 3 rings (SSSR count). The molecule has 1 aromatic heterocycles. The van der Waals surface area contributed by atoms with Gasteiger partial charge in [0.15, 0.2) is 5.96 Å². The molecule has 1 saturated heterocycles. The second-order valence-electron chi connectivity index (χ2n) is 7.56. The van der Waals surface area contributed by atoms with E-state index in [4.69, 9.17) is 4.42 Å². The lowest BCUT2D eigenvalue weighted by molar-refractivity contribution is -0.120. The molecule has 1 fully saturated rings. The van der Waals surface area contributed by atoms with E-state index in [1.807, 2.05) is 13.0 Å². The van der Waals surface area contributed by atoms with E-state index >= 15 is 0 Å². The number of nitrogens with one attached hydrogen (secondary N) is 3. The zero-order valence-electron chi connectivity index (χ0n) is 18.2. The molecule has 0 saturated carbocycles. The quantitative estimate of drug-likeness (QED) is 0.259.